The van der Waals surface area contributed by atoms with Gasteiger partial charge in [-0.05, 0) is 111 Å². The molecule has 0 aliphatic rings. The van der Waals surface area contributed by atoms with E-state index in [0.717, 1.165) is 5.56 Å². The van der Waals surface area contributed by atoms with Gasteiger partial charge in [0.25, 0.3) is 0 Å². The number of ether oxygens (including phenoxy) is 4. The molecule has 1 atom stereocenters. The van der Waals surface area contributed by atoms with Crippen LogP contribution in [0, 0.1) is 12.8 Å². The molecular weight excluding hydrogens is 562 g/mol. The van der Waals surface area contributed by atoms with Crippen LogP contribution in [0.5, 0.6) is 11.5 Å². The molecule has 0 aliphatic carbocycles. The molecule has 0 amide bonds. The first-order valence-corrected chi connectivity index (χ1v) is 14.1. The Morgan fingerprint density at radius 3 is 1.30 bits per heavy atom. The number of benzene rings is 4. The lowest BCUT2D eigenvalue weighted by Crippen LogP contribution is -2.12. The molecule has 0 saturated heterocycles. The maximum Gasteiger partial charge on any atom is 0.343 e. The third-order valence-electron chi connectivity index (χ3n) is 6.72. The summed E-state index contributed by atoms with van der Waals surface area (Å²) in [6, 6.07) is 25.7. The van der Waals surface area contributed by atoms with Gasteiger partial charge >= 0.3 is 23.9 Å². The van der Waals surface area contributed by atoms with Crippen LogP contribution >= 0.6 is 0 Å². The van der Waals surface area contributed by atoms with Crippen molar-refractivity contribution in [3.63, 3.8) is 0 Å². The number of hydrogen-bond acceptors (Lipinski definition) is 9. The summed E-state index contributed by atoms with van der Waals surface area (Å²) in [5.41, 5.74) is 8.68. The summed E-state index contributed by atoms with van der Waals surface area (Å²) in [4.78, 5) is 49.3. The Labute approximate surface area is 255 Å². The van der Waals surface area contributed by atoms with Crippen molar-refractivity contribution in [2.45, 2.75) is 26.7 Å². The molecule has 0 radical (unpaired) electrons. The molecule has 44 heavy (non-hydrogen) atoms. The van der Waals surface area contributed by atoms with E-state index in [1.54, 1.807) is 60.7 Å². The maximum atomic E-state index is 12.4. The predicted octanol–water partition coefficient (Wildman–Crippen LogP) is 6.45. The molecule has 4 aromatic rings. The van der Waals surface area contributed by atoms with Crippen LogP contribution in [0.15, 0.2) is 97.1 Å². The van der Waals surface area contributed by atoms with Crippen molar-refractivity contribution in [2.24, 2.45) is 5.92 Å². The lowest BCUT2D eigenvalue weighted by Gasteiger charge is -2.12. The Hall–Kier alpha value is -5.44. The Morgan fingerprint density at radius 1 is 0.545 bits per heavy atom. The zero-order valence-corrected chi connectivity index (χ0v) is 24.5. The highest BCUT2D eigenvalue weighted by molar-refractivity contribution is 5.93. The summed E-state index contributed by atoms with van der Waals surface area (Å²) < 4.78 is 21.4. The first kappa shape index (κ1) is 31.5. The monoisotopic (exact) mass is 595 g/mol. The molecule has 0 saturated carbocycles. The van der Waals surface area contributed by atoms with Crippen molar-refractivity contribution in [2.75, 3.05) is 18.9 Å². The summed E-state index contributed by atoms with van der Waals surface area (Å²) in [6.07, 6.45) is 1.17. The summed E-state index contributed by atoms with van der Waals surface area (Å²) in [7, 11) is 0. The molecule has 0 heterocycles. The van der Waals surface area contributed by atoms with Crippen molar-refractivity contribution in [3.8, 4) is 11.5 Å². The van der Waals surface area contributed by atoms with Gasteiger partial charge in [0.05, 0.1) is 35.5 Å². The minimum atomic E-state index is -0.533. The van der Waals surface area contributed by atoms with E-state index in [1.165, 1.54) is 24.3 Å². The van der Waals surface area contributed by atoms with Crippen LogP contribution in [0.3, 0.4) is 0 Å². The van der Waals surface area contributed by atoms with E-state index < -0.39 is 23.9 Å². The fourth-order valence-electron chi connectivity index (χ4n) is 3.98. The van der Waals surface area contributed by atoms with Gasteiger partial charge in [-0.25, -0.2) is 19.2 Å². The molecule has 0 fully saturated rings. The lowest BCUT2D eigenvalue weighted by molar-refractivity contribution is 0.0449. The van der Waals surface area contributed by atoms with Crippen molar-refractivity contribution in [3.05, 3.63) is 125 Å². The van der Waals surface area contributed by atoms with Gasteiger partial charge < -0.3 is 24.7 Å². The summed E-state index contributed by atoms with van der Waals surface area (Å²) >= 11 is 0. The minimum Gasteiger partial charge on any atom is -0.462 e. The zero-order valence-electron chi connectivity index (χ0n) is 24.5. The number of hydrogen-bond donors (Lipinski definition) is 1. The molecule has 9 nitrogen and oxygen atoms in total. The number of nitrogens with two attached hydrogens (primary N) is 1. The fraction of sp³-hybridized carbons (Fsp3) is 0.200. The second-order valence-electron chi connectivity index (χ2n) is 10.3. The van der Waals surface area contributed by atoms with Gasteiger partial charge in [-0.3, -0.25) is 0 Å². The van der Waals surface area contributed by atoms with Crippen LogP contribution in [0.25, 0.3) is 0 Å². The topological polar surface area (TPSA) is 131 Å². The lowest BCUT2D eigenvalue weighted by atomic mass is 10.1. The quantitative estimate of drug-likeness (QED) is 0.112. The van der Waals surface area contributed by atoms with Gasteiger partial charge in [-0.1, -0.05) is 24.6 Å². The summed E-state index contributed by atoms with van der Waals surface area (Å²) in [6.45, 7) is 4.31. The van der Waals surface area contributed by atoms with Gasteiger partial charge in [0, 0.05) is 5.69 Å². The molecule has 0 aliphatic heterocycles. The Balaban J connectivity index is 1.12. The third-order valence-corrected chi connectivity index (χ3v) is 6.72. The predicted molar refractivity (Wildman–Crippen MR) is 164 cm³/mol. The average Bonchev–Trinajstić information content (AvgIpc) is 3.02. The largest absolute Gasteiger partial charge is 0.462 e. The number of aryl methyl sites for hydroxylation is 1. The molecule has 0 bridgehead atoms. The standard InChI is InChI=1S/C35H33NO8/c1-23-3-5-27(6-4-23)34(39)43-30-15-9-25(10-16-30)32(37)41-21-19-24(2)20-22-42-33(38)26-11-17-31(18-12-26)44-35(40)28-7-13-29(36)14-8-28/h3-18,24H,19-22,36H2,1-2H3. The van der Waals surface area contributed by atoms with Gasteiger partial charge in [-0.2, -0.15) is 0 Å². The Morgan fingerprint density at radius 2 is 0.886 bits per heavy atom. The fourth-order valence-corrected chi connectivity index (χ4v) is 3.98. The summed E-state index contributed by atoms with van der Waals surface area (Å²) in [5.74, 6) is -1.24. The van der Waals surface area contributed by atoms with E-state index in [0.29, 0.717) is 52.3 Å². The molecule has 0 spiro atoms. The van der Waals surface area contributed by atoms with Crippen molar-refractivity contribution in [1.82, 2.24) is 0 Å². The number of esters is 4. The van der Waals surface area contributed by atoms with Crippen LogP contribution in [0.2, 0.25) is 0 Å². The van der Waals surface area contributed by atoms with Crippen LogP contribution in [0.1, 0.15) is 66.8 Å². The second kappa shape index (κ2) is 15.2. The second-order valence-corrected chi connectivity index (χ2v) is 10.3. The molecule has 0 aromatic heterocycles. The zero-order chi connectivity index (χ0) is 31.5. The van der Waals surface area contributed by atoms with E-state index in [9.17, 15) is 19.2 Å². The van der Waals surface area contributed by atoms with Crippen LogP contribution < -0.4 is 15.2 Å². The Bertz CT molecular complexity index is 1460. The molecular formula is C35H33NO8. The highest BCUT2D eigenvalue weighted by atomic mass is 16.5. The van der Waals surface area contributed by atoms with Gasteiger partial charge in [0.2, 0.25) is 0 Å². The number of nitrogen functional groups attached to an aromatic ring is 1. The van der Waals surface area contributed by atoms with Crippen molar-refractivity contribution < 1.29 is 38.1 Å². The van der Waals surface area contributed by atoms with Gasteiger partial charge in [0.15, 0.2) is 0 Å². The van der Waals surface area contributed by atoms with Crippen molar-refractivity contribution in [1.29, 1.82) is 0 Å². The normalized spacial score (nSPS) is 11.2. The van der Waals surface area contributed by atoms with Gasteiger partial charge in [-0.15, -0.1) is 0 Å². The number of rotatable bonds is 12. The SMILES string of the molecule is Cc1ccc(C(=O)Oc2ccc(C(=O)OCCC(C)CCOC(=O)c3ccc(OC(=O)c4ccc(N)cc4)cc3)cc2)cc1. The minimum absolute atomic E-state index is 0.134. The van der Waals surface area contributed by atoms with Gasteiger partial charge in [0.1, 0.15) is 11.5 Å². The average molecular weight is 596 g/mol. The number of carbonyl (C=O) groups excluding carboxylic acids is 4. The van der Waals surface area contributed by atoms with Crippen LogP contribution in [-0.4, -0.2) is 37.1 Å². The first-order chi connectivity index (χ1) is 21.2. The Kier molecular flexibility index (Phi) is 10.8. The van der Waals surface area contributed by atoms with E-state index in [4.69, 9.17) is 24.7 Å². The molecule has 226 valence electrons. The molecule has 4 aromatic carbocycles. The number of anilines is 1. The van der Waals surface area contributed by atoms with Crippen LogP contribution in [0.4, 0.5) is 5.69 Å². The molecule has 1 unspecified atom stereocenters. The third kappa shape index (κ3) is 9.29. The van der Waals surface area contributed by atoms with Crippen molar-refractivity contribution >= 4 is 29.6 Å². The van der Waals surface area contributed by atoms with E-state index in [1.807, 2.05) is 26.0 Å². The summed E-state index contributed by atoms with van der Waals surface area (Å²) in [5, 5.41) is 0. The highest BCUT2D eigenvalue weighted by Crippen LogP contribution is 2.18. The highest BCUT2D eigenvalue weighted by Gasteiger charge is 2.14. The maximum absolute atomic E-state index is 12.4. The van der Waals surface area contributed by atoms with E-state index >= 15 is 0 Å². The molecule has 9 heteroatoms. The smallest absolute Gasteiger partial charge is 0.343 e. The van der Waals surface area contributed by atoms with E-state index in [2.05, 4.69) is 0 Å². The number of carbonyl (C=O) groups is 4. The molecule has 2 N–H and O–H groups in total. The first-order valence-electron chi connectivity index (χ1n) is 14.1. The van der Waals surface area contributed by atoms with E-state index in [-0.39, 0.29) is 19.1 Å². The van der Waals surface area contributed by atoms with Crippen LogP contribution in [-0.2, 0) is 9.47 Å². The molecule has 4 rings (SSSR count).